The number of carbonyl (C=O) groups is 1. The molecule has 1 aromatic heterocycles. The molecule has 0 saturated heterocycles. The predicted octanol–water partition coefficient (Wildman–Crippen LogP) is 2.14. The number of nitrogens with zero attached hydrogens (tertiary/aromatic N) is 2. The fourth-order valence-electron chi connectivity index (χ4n) is 2.16. The zero-order valence-electron chi connectivity index (χ0n) is 12.7. The molecule has 1 heterocycles. The molecule has 0 bridgehead atoms. The van der Waals surface area contributed by atoms with E-state index in [9.17, 15) is 9.90 Å². The third kappa shape index (κ3) is 5.55. The summed E-state index contributed by atoms with van der Waals surface area (Å²) in [6.07, 6.45) is 0.934. The van der Waals surface area contributed by atoms with Crippen LogP contribution < -0.4 is 5.32 Å². The normalized spacial score (nSPS) is 10.9. The van der Waals surface area contributed by atoms with E-state index >= 15 is 0 Å². The van der Waals surface area contributed by atoms with Gasteiger partial charge >= 0.3 is 0 Å². The Balaban J connectivity index is 1.90. The van der Waals surface area contributed by atoms with Crippen molar-refractivity contribution >= 4 is 22.4 Å². The van der Waals surface area contributed by atoms with E-state index in [2.05, 4.69) is 27.3 Å². The second-order valence-electron chi connectivity index (χ2n) is 5.06. The molecule has 0 radical (unpaired) electrons. The molecular formula is C16H21N3O2S. The Labute approximate surface area is 134 Å². The van der Waals surface area contributed by atoms with Gasteiger partial charge in [0.1, 0.15) is 0 Å². The molecule has 2 rings (SSSR count). The number of amides is 1. The average Bonchev–Trinajstić information content (AvgIpc) is 2.92. The predicted molar refractivity (Wildman–Crippen MR) is 88.9 cm³/mol. The Kier molecular flexibility index (Phi) is 6.51. The molecule has 0 saturated carbocycles. The van der Waals surface area contributed by atoms with Gasteiger partial charge in [0, 0.05) is 31.9 Å². The number of rotatable bonds is 8. The number of aliphatic hydroxyl groups is 1. The smallest absolute Gasteiger partial charge is 0.223 e. The summed E-state index contributed by atoms with van der Waals surface area (Å²) in [5.74, 6) is -0.114. The Bertz CT molecular complexity index is 586. The van der Waals surface area contributed by atoms with Crippen molar-refractivity contribution in [2.75, 3.05) is 25.0 Å². The van der Waals surface area contributed by atoms with Gasteiger partial charge in [-0.05, 0) is 12.0 Å². The molecule has 2 N–H and O–H groups in total. The van der Waals surface area contributed by atoms with Crippen molar-refractivity contribution in [1.29, 1.82) is 0 Å². The molecule has 0 aliphatic rings. The van der Waals surface area contributed by atoms with Crippen LogP contribution in [0.3, 0.4) is 0 Å². The van der Waals surface area contributed by atoms with E-state index in [4.69, 9.17) is 0 Å². The van der Waals surface area contributed by atoms with Crippen molar-refractivity contribution in [2.45, 2.75) is 19.9 Å². The largest absolute Gasteiger partial charge is 0.395 e. The molecule has 5 nitrogen and oxygen atoms in total. The van der Waals surface area contributed by atoms with Crippen LogP contribution in [0.15, 0.2) is 35.7 Å². The van der Waals surface area contributed by atoms with Crippen molar-refractivity contribution < 1.29 is 9.90 Å². The molecular weight excluding hydrogens is 298 g/mol. The first kappa shape index (κ1) is 16.6. The maximum Gasteiger partial charge on any atom is 0.223 e. The molecule has 6 heteroatoms. The number of anilines is 1. The minimum Gasteiger partial charge on any atom is -0.395 e. The van der Waals surface area contributed by atoms with Crippen molar-refractivity contribution in [3.05, 3.63) is 47.0 Å². The Morgan fingerprint density at radius 1 is 1.32 bits per heavy atom. The number of benzene rings is 1. The second-order valence-corrected chi connectivity index (χ2v) is 5.92. The maximum atomic E-state index is 11.0. The summed E-state index contributed by atoms with van der Waals surface area (Å²) in [4.78, 5) is 17.6. The van der Waals surface area contributed by atoms with Gasteiger partial charge in [-0.3, -0.25) is 9.69 Å². The van der Waals surface area contributed by atoms with Crippen LogP contribution in [-0.4, -0.2) is 40.6 Å². The van der Waals surface area contributed by atoms with Gasteiger partial charge in [0.2, 0.25) is 5.91 Å². The van der Waals surface area contributed by atoms with Crippen molar-refractivity contribution in [3.63, 3.8) is 0 Å². The first-order valence-electron chi connectivity index (χ1n) is 7.26. The number of hydrogen-bond donors (Lipinski definition) is 2. The van der Waals surface area contributed by atoms with E-state index in [1.165, 1.54) is 23.8 Å². The first-order valence-corrected chi connectivity index (χ1v) is 8.14. The molecule has 2 aromatic rings. The lowest BCUT2D eigenvalue weighted by Gasteiger charge is -2.20. The van der Waals surface area contributed by atoms with E-state index in [0.29, 0.717) is 18.2 Å². The molecule has 1 amide bonds. The number of carbonyl (C=O) groups excluding carboxylic acids is 1. The second kappa shape index (κ2) is 8.63. The van der Waals surface area contributed by atoms with Crippen molar-refractivity contribution in [1.82, 2.24) is 9.88 Å². The Morgan fingerprint density at radius 2 is 2.09 bits per heavy atom. The van der Waals surface area contributed by atoms with E-state index in [-0.39, 0.29) is 12.5 Å². The van der Waals surface area contributed by atoms with Crippen LogP contribution in [0.25, 0.3) is 0 Å². The number of aromatic nitrogens is 1. The van der Waals surface area contributed by atoms with Gasteiger partial charge in [-0.15, -0.1) is 11.3 Å². The summed E-state index contributed by atoms with van der Waals surface area (Å²) in [6.45, 7) is 3.73. The molecule has 1 aromatic carbocycles. The summed E-state index contributed by atoms with van der Waals surface area (Å²) in [5, 5.41) is 14.5. The summed E-state index contributed by atoms with van der Waals surface area (Å²) in [7, 11) is 0. The highest BCUT2D eigenvalue weighted by molar-refractivity contribution is 7.13. The summed E-state index contributed by atoms with van der Waals surface area (Å²) >= 11 is 1.42. The van der Waals surface area contributed by atoms with Gasteiger partial charge in [-0.2, -0.15) is 0 Å². The zero-order valence-corrected chi connectivity index (χ0v) is 13.5. The quantitative estimate of drug-likeness (QED) is 0.782. The fourth-order valence-corrected chi connectivity index (χ4v) is 2.91. The SMILES string of the molecule is CC(=O)Nc1nc(CN(CCO)CCc2ccccc2)cs1. The molecule has 0 unspecified atom stereocenters. The first-order chi connectivity index (χ1) is 10.7. The van der Waals surface area contributed by atoms with Crippen LogP contribution in [0.4, 0.5) is 5.13 Å². The van der Waals surface area contributed by atoms with Crippen molar-refractivity contribution in [3.8, 4) is 0 Å². The lowest BCUT2D eigenvalue weighted by molar-refractivity contribution is -0.114. The van der Waals surface area contributed by atoms with Crippen LogP contribution in [0, 0.1) is 0 Å². The third-order valence-corrected chi connectivity index (χ3v) is 4.00. The maximum absolute atomic E-state index is 11.0. The Morgan fingerprint density at radius 3 is 2.77 bits per heavy atom. The lowest BCUT2D eigenvalue weighted by Crippen LogP contribution is -2.28. The van der Waals surface area contributed by atoms with Gasteiger partial charge in [0.05, 0.1) is 12.3 Å². The van der Waals surface area contributed by atoms with Gasteiger partial charge in [0.15, 0.2) is 5.13 Å². The highest BCUT2D eigenvalue weighted by Crippen LogP contribution is 2.17. The van der Waals surface area contributed by atoms with Crippen LogP contribution in [0.2, 0.25) is 0 Å². The monoisotopic (exact) mass is 319 g/mol. The minimum atomic E-state index is -0.114. The molecule has 118 valence electrons. The molecule has 22 heavy (non-hydrogen) atoms. The fraction of sp³-hybridized carbons (Fsp3) is 0.375. The number of hydrogen-bond acceptors (Lipinski definition) is 5. The minimum absolute atomic E-state index is 0.114. The number of thiazole rings is 1. The zero-order chi connectivity index (χ0) is 15.8. The number of nitrogens with one attached hydrogen (secondary N) is 1. The summed E-state index contributed by atoms with van der Waals surface area (Å²) in [5.41, 5.74) is 2.19. The van der Waals surface area contributed by atoms with Crippen LogP contribution in [0.1, 0.15) is 18.2 Å². The summed E-state index contributed by atoms with van der Waals surface area (Å²) < 4.78 is 0. The molecule has 0 aliphatic carbocycles. The van der Waals surface area contributed by atoms with E-state index < -0.39 is 0 Å². The highest BCUT2D eigenvalue weighted by atomic mass is 32.1. The lowest BCUT2D eigenvalue weighted by atomic mass is 10.1. The number of aliphatic hydroxyl groups excluding tert-OH is 1. The molecule has 0 spiro atoms. The average molecular weight is 319 g/mol. The molecule has 0 aliphatic heterocycles. The van der Waals surface area contributed by atoms with Gasteiger partial charge in [-0.1, -0.05) is 30.3 Å². The standard InChI is InChI=1S/C16H21N3O2S/c1-13(21)17-16-18-15(12-22-16)11-19(9-10-20)8-7-14-5-3-2-4-6-14/h2-6,12,20H,7-11H2,1H3,(H,17,18,21). The molecule has 0 fully saturated rings. The van der Waals surface area contributed by atoms with Gasteiger partial charge in [-0.25, -0.2) is 4.98 Å². The Hall–Kier alpha value is -1.76. The van der Waals surface area contributed by atoms with E-state index in [1.54, 1.807) is 0 Å². The van der Waals surface area contributed by atoms with Gasteiger partial charge in [0.25, 0.3) is 0 Å². The highest BCUT2D eigenvalue weighted by Gasteiger charge is 2.09. The third-order valence-electron chi connectivity index (χ3n) is 3.20. The van der Waals surface area contributed by atoms with Crippen LogP contribution in [0.5, 0.6) is 0 Å². The molecule has 0 atom stereocenters. The van der Waals surface area contributed by atoms with Crippen LogP contribution in [-0.2, 0) is 17.8 Å². The van der Waals surface area contributed by atoms with Crippen LogP contribution >= 0.6 is 11.3 Å². The summed E-state index contributed by atoms with van der Waals surface area (Å²) in [6, 6.07) is 10.3. The van der Waals surface area contributed by atoms with E-state index in [1.807, 2.05) is 23.6 Å². The van der Waals surface area contributed by atoms with Gasteiger partial charge < -0.3 is 10.4 Å². The van der Waals surface area contributed by atoms with Crippen molar-refractivity contribution in [2.24, 2.45) is 0 Å². The topological polar surface area (TPSA) is 65.5 Å². The van der Waals surface area contributed by atoms with E-state index in [0.717, 1.165) is 18.7 Å².